The summed E-state index contributed by atoms with van der Waals surface area (Å²) in [4.78, 5) is 11.0. The summed E-state index contributed by atoms with van der Waals surface area (Å²) >= 11 is 0. The van der Waals surface area contributed by atoms with Crippen LogP contribution in [0.3, 0.4) is 0 Å². The third-order valence-electron chi connectivity index (χ3n) is 2.30. The topological polar surface area (TPSA) is 49.0 Å². The van der Waals surface area contributed by atoms with Crippen LogP contribution >= 0.6 is 0 Å². The zero-order valence-corrected chi connectivity index (χ0v) is 7.34. The van der Waals surface area contributed by atoms with Gasteiger partial charge in [-0.1, -0.05) is 19.3 Å². The van der Waals surface area contributed by atoms with Crippen LogP contribution in [0.25, 0.3) is 0 Å². The molecule has 0 saturated heterocycles. The Labute approximate surface area is 73.2 Å². The molecule has 1 aliphatic carbocycles. The summed E-state index contributed by atoms with van der Waals surface area (Å²) in [6.45, 7) is -0.293. The first kappa shape index (κ1) is 9.52. The number of nitrogens with one attached hydrogen (secondary N) is 1. The lowest BCUT2D eigenvalue weighted by molar-refractivity contribution is -0.123. The highest BCUT2D eigenvalue weighted by Gasteiger charge is 2.14. The van der Waals surface area contributed by atoms with E-state index in [1.165, 1.54) is 19.3 Å². The summed E-state index contributed by atoms with van der Waals surface area (Å²) < 4.78 is 0. The molecule has 1 aliphatic rings. The van der Waals surface area contributed by atoms with Gasteiger partial charge >= 0.3 is 0 Å². The lowest BCUT2D eigenvalue weighted by Crippen LogP contribution is -2.36. The molecule has 1 N–H and O–H groups in total. The summed E-state index contributed by atoms with van der Waals surface area (Å²) in [5, 5.41) is 13.0. The molecule has 0 aromatic rings. The largest absolute Gasteiger partial charge is 0.353 e. The van der Waals surface area contributed by atoms with Gasteiger partial charge in [0.05, 0.1) is 13.0 Å². The SMILES string of the molecule is [O]CCC(=O)NC1CCCCC1. The lowest BCUT2D eigenvalue weighted by Gasteiger charge is -2.22. The monoisotopic (exact) mass is 170 g/mol. The average molecular weight is 170 g/mol. The second-order valence-corrected chi connectivity index (χ2v) is 3.36. The Hall–Kier alpha value is -0.570. The lowest BCUT2D eigenvalue weighted by atomic mass is 9.95. The van der Waals surface area contributed by atoms with E-state index in [9.17, 15) is 9.90 Å². The summed E-state index contributed by atoms with van der Waals surface area (Å²) in [5.74, 6) is -0.0723. The molecule has 12 heavy (non-hydrogen) atoms. The first-order chi connectivity index (χ1) is 5.83. The smallest absolute Gasteiger partial charge is 0.222 e. The number of rotatable bonds is 3. The van der Waals surface area contributed by atoms with Gasteiger partial charge in [0.1, 0.15) is 0 Å². The maximum absolute atomic E-state index is 11.0. The molecular formula is C9H16NO2. The van der Waals surface area contributed by atoms with Crippen LogP contribution < -0.4 is 5.32 Å². The van der Waals surface area contributed by atoms with E-state index in [1.807, 2.05) is 0 Å². The van der Waals surface area contributed by atoms with Crippen molar-refractivity contribution in [3.63, 3.8) is 0 Å². The molecule has 1 saturated carbocycles. The molecule has 1 radical (unpaired) electrons. The van der Waals surface area contributed by atoms with Crippen molar-refractivity contribution in [1.29, 1.82) is 0 Å². The third kappa shape index (κ3) is 3.22. The number of carbonyl (C=O) groups is 1. The molecule has 0 aromatic carbocycles. The number of amides is 1. The number of hydrogen-bond acceptors (Lipinski definition) is 1. The fourth-order valence-electron chi connectivity index (χ4n) is 1.64. The number of carbonyl (C=O) groups excluding carboxylic acids is 1. The second-order valence-electron chi connectivity index (χ2n) is 3.36. The second kappa shape index (κ2) is 5.14. The molecule has 1 amide bonds. The van der Waals surface area contributed by atoms with Crippen molar-refractivity contribution in [3.8, 4) is 0 Å². The van der Waals surface area contributed by atoms with E-state index >= 15 is 0 Å². The van der Waals surface area contributed by atoms with Gasteiger partial charge in [-0.25, -0.2) is 5.11 Å². The molecule has 69 valence electrons. The molecule has 0 aliphatic heterocycles. The first-order valence-corrected chi connectivity index (χ1v) is 4.70. The van der Waals surface area contributed by atoms with Crippen LogP contribution in [0, 0.1) is 0 Å². The van der Waals surface area contributed by atoms with Crippen molar-refractivity contribution < 1.29 is 9.90 Å². The van der Waals surface area contributed by atoms with Gasteiger partial charge in [0, 0.05) is 6.04 Å². The quantitative estimate of drug-likeness (QED) is 0.681. The Morgan fingerprint density at radius 2 is 1.92 bits per heavy atom. The molecule has 3 nitrogen and oxygen atoms in total. The maximum Gasteiger partial charge on any atom is 0.222 e. The average Bonchev–Trinajstić information content (AvgIpc) is 2.06. The van der Waals surface area contributed by atoms with Crippen molar-refractivity contribution in [2.24, 2.45) is 0 Å². The van der Waals surface area contributed by atoms with Gasteiger partial charge in [-0.15, -0.1) is 0 Å². The van der Waals surface area contributed by atoms with Gasteiger partial charge < -0.3 is 5.32 Å². The molecule has 0 spiro atoms. The molecule has 0 unspecified atom stereocenters. The fraction of sp³-hybridized carbons (Fsp3) is 0.889. The highest BCUT2D eigenvalue weighted by Crippen LogP contribution is 2.17. The molecule has 1 fully saturated rings. The van der Waals surface area contributed by atoms with E-state index < -0.39 is 0 Å². The van der Waals surface area contributed by atoms with Crippen molar-refractivity contribution >= 4 is 5.91 Å². The Morgan fingerprint density at radius 1 is 1.25 bits per heavy atom. The molecule has 0 atom stereocenters. The van der Waals surface area contributed by atoms with Gasteiger partial charge in [0.15, 0.2) is 0 Å². The van der Waals surface area contributed by atoms with Crippen molar-refractivity contribution in [3.05, 3.63) is 0 Å². The van der Waals surface area contributed by atoms with Crippen molar-refractivity contribution in [2.45, 2.75) is 44.6 Å². The van der Waals surface area contributed by atoms with Crippen LogP contribution in [0.5, 0.6) is 0 Å². The molecule has 3 heteroatoms. The summed E-state index contributed by atoms with van der Waals surface area (Å²) in [5.41, 5.74) is 0. The Balaban J connectivity index is 2.15. The highest BCUT2D eigenvalue weighted by molar-refractivity contribution is 5.76. The minimum atomic E-state index is -0.293. The molecular weight excluding hydrogens is 154 g/mol. The predicted molar refractivity (Wildman–Crippen MR) is 45.2 cm³/mol. The van der Waals surface area contributed by atoms with Crippen LogP contribution in [0.4, 0.5) is 0 Å². The van der Waals surface area contributed by atoms with Gasteiger partial charge in [-0.05, 0) is 12.8 Å². The normalized spacial score (nSPS) is 19.1. The summed E-state index contributed by atoms with van der Waals surface area (Å²) in [7, 11) is 0. The van der Waals surface area contributed by atoms with Crippen LogP contribution in [0.2, 0.25) is 0 Å². The maximum atomic E-state index is 11.0. The standard InChI is InChI=1S/C9H16NO2/c11-7-6-9(12)10-8-4-2-1-3-5-8/h8H,1-7H2,(H,10,12). The van der Waals surface area contributed by atoms with E-state index in [2.05, 4.69) is 5.32 Å². The first-order valence-electron chi connectivity index (χ1n) is 4.70. The molecule has 1 rings (SSSR count). The number of hydrogen-bond donors (Lipinski definition) is 1. The molecule has 0 bridgehead atoms. The third-order valence-corrected chi connectivity index (χ3v) is 2.30. The molecule has 0 aromatic heterocycles. The minimum absolute atomic E-state index is 0.0723. The van der Waals surface area contributed by atoms with E-state index in [0.717, 1.165) is 12.8 Å². The van der Waals surface area contributed by atoms with E-state index in [0.29, 0.717) is 6.04 Å². The van der Waals surface area contributed by atoms with Crippen molar-refractivity contribution in [2.75, 3.05) is 6.61 Å². The van der Waals surface area contributed by atoms with Crippen LogP contribution in [-0.4, -0.2) is 18.6 Å². The van der Waals surface area contributed by atoms with Gasteiger partial charge in [0.25, 0.3) is 0 Å². The predicted octanol–water partition coefficient (Wildman–Crippen LogP) is 1.26. The van der Waals surface area contributed by atoms with Crippen LogP contribution in [0.1, 0.15) is 38.5 Å². The van der Waals surface area contributed by atoms with E-state index in [1.54, 1.807) is 0 Å². The summed E-state index contributed by atoms with van der Waals surface area (Å²) in [6.07, 6.45) is 6.02. The van der Waals surface area contributed by atoms with E-state index in [4.69, 9.17) is 0 Å². The zero-order chi connectivity index (χ0) is 8.81. The van der Waals surface area contributed by atoms with Gasteiger partial charge in [0.2, 0.25) is 5.91 Å². The van der Waals surface area contributed by atoms with E-state index in [-0.39, 0.29) is 18.9 Å². The van der Waals surface area contributed by atoms with Crippen LogP contribution in [-0.2, 0) is 9.90 Å². The fourth-order valence-corrected chi connectivity index (χ4v) is 1.64. The Bertz CT molecular complexity index is 141. The molecule has 0 heterocycles. The van der Waals surface area contributed by atoms with Gasteiger partial charge in [-0.2, -0.15) is 0 Å². The Kier molecular flexibility index (Phi) is 4.08. The summed E-state index contributed by atoms with van der Waals surface area (Å²) in [6, 6.07) is 0.345. The van der Waals surface area contributed by atoms with Crippen molar-refractivity contribution in [1.82, 2.24) is 5.32 Å². The highest BCUT2D eigenvalue weighted by atomic mass is 16.3. The Morgan fingerprint density at radius 3 is 2.50 bits per heavy atom. The minimum Gasteiger partial charge on any atom is -0.353 e. The van der Waals surface area contributed by atoms with Crippen LogP contribution in [0.15, 0.2) is 0 Å². The van der Waals surface area contributed by atoms with Gasteiger partial charge in [-0.3, -0.25) is 4.79 Å². The zero-order valence-electron chi connectivity index (χ0n) is 7.34.